The maximum absolute atomic E-state index is 14.1. The molecule has 7 rings (SSSR count). The van der Waals surface area contributed by atoms with Crippen molar-refractivity contribution < 1.29 is 14.0 Å². The molecule has 246 valence electrons. The number of likely N-dealkylation sites (tertiary alicyclic amines) is 1. The Morgan fingerprint density at radius 1 is 1.09 bits per heavy atom. The van der Waals surface area contributed by atoms with Crippen LogP contribution in [0.25, 0.3) is 22.3 Å². The summed E-state index contributed by atoms with van der Waals surface area (Å²) in [5, 5.41) is 6.22. The number of rotatable bonds is 7. The lowest BCUT2D eigenvalue weighted by Crippen LogP contribution is -2.58. The molecule has 1 saturated heterocycles. The van der Waals surface area contributed by atoms with Crippen molar-refractivity contribution in [3.8, 4) is 11.3 Å². The fourth-order valence-corrected chi connectivity index (χ4v) is 7.56. The predicted molar refractivity (Wildman–Crippen MR) is 184 cm³/mol. The number of hydrogen-bond donors (Lipinski definition) is 2. The first-order valence-corrected chi connectivity index (χ1v) is 16.8. The van der Waals surface area contributed by atoms with Gasteiger partial charge in [0.05, 0.1) is 23.0 Å². The first kappa shape index (κ1) is 31.3. The van der Waals surface area contributed by atoms with Gasteiger partial charge in [-0.25, -0.2) is 14.4 Å². The summed E-state index contributed by atoms with van der Waals surface area (Å²) >= 11 is 0. The molecule has 2 N–H and O–H groups in total. The van der Waals surface area contributed by atoms with Crippen LogP contribution in [0, 0.1) is 6.92 Å². The van der Waals surface area contributed by atoms with E-state index in [0.29, 0.717) is 30.4 Å². The number of aromatic nitrogens is 3. The molecule has 2 aromatic heterocycles. The maximum Gasteiger partial charge on any atom is 0.251 e. The minimum Gasteiger partial charge on any atom is -0.355 e. The van der Waals surface area contributed by atoms with Crippen molar-refractivity contribution in [3.63, 3.8) is 0 Å². The monoisotopic (exact) mass is 637 g/mol. The number of amides is 2. The second-order valence-corrected chi connectivity index (χ2v) is 14.2. The smallest absolute Gasteiger partial charge is 0.251 e. The van der Waals surface area contributed by atoms with Gasteiger partial charge in [-0.2, -0.15) is 0 Å². The van der Waals surface area contributed by atoms with Crippen molar-refractivity contribution in [1.29, 1.82) is 0 Å². The quantitative estimate of drug-likeness (QED) is 0.235. The average molecular weight is 638 g/mol. The number of carbonyl (C=O) groups is 2. The van der Waals surface area contributed by atoms with Gasteiger partial charge in [0.15, 0.2) is 5.82 Å². The van der Waals surface area contributed by atoms with Crippen molar-refractivity contribution in [1.82, 2.24) is 24.8 Å². The van der Waals surface area contributed by atoms with Crippen molar-refractivity contribution >= 4 is 40.0 Å². The first-order valence-electron chi connectivity index (χ1n) is 16.8. The Kier molecular flexibility index (Phi) is 7.82. The number of benzene rings is 2. The van der Waals surface area contributed by atoms with Gasteiger partial charge in [-0.3, -0.25) is 14.5 Å². The van der Waals surface area contributed by atoms with Gasteiger partial charge in [0.1, 0.15) is 11.7 Å². The van der Waals surface area contributed by atoms with Crippen molar-refractivity contribution in [2.75, 3.05) is 30.4 Å². The summed E-state index contributed by atoms with van der Waals surface area (Å²) in [7, 11) is 1.63. The lowest BCUT2D eigenvalue weighted by atomic mass is 9.82. The Labute approximate surface area is 275 Å². The number of carbonyl (C=O) groups excluding carboxylic acids is 2. The maximum atomic E-state index is 14.1. The molecule has 0 radical (unpaired) electrons. The number of pyridine rings is 1. The molecule has 4 aromatic rings. The van der Waals surface area contributed by atoms with E-state index >= 15 is 0 Å². The average Bonchev–Trinajstić information content (AvgIpc) is 3.54. The fraction of sp³-hybridized carbons (Fsp3) is 0.459. The Hall–Kier alpha value is -4.31. The minimum atomic E-state index is -0.751. The molecule has 4 heterocycles. The lowest BCUT2D eigenvalue weighted by molar-refractivity contribution is -0.123. The third-order valence-corrected chi connectivity index (χ3v) is 10.4. The highest BCUT2D eigenvalue weighted by Gasteiger charge is 2.50. The summed E-state index contributed by atoms with van der Waals surface area (Å²) in [5.41, 5.74) is 6.84. The number of imidazole rings is 1. The summed E-state index contributed by atoms with van der Waals surface area (Å²) in [4.78, 5) is 40.6. The van der Waals surface area contributed by atoms with Crippen molar-refractivity contribution in [2.24, 2.45) is 0 Å². The normalized spacial score (nSPS) is 22.4. The number of fused-ring (bicyclic) bond motifs is 2. The summed E-state index contributed by atoms with van der Waals surface area (Å²) in [6.07, 6.45) is 4.35. The van der Waals surface area contributed by atoms with Crippen LogP contribution in [-0.4, -0.2) is 69.6 Å². The third-order valence-electron chi connectivity index (χ3n) is 10.4. The van der Waals surface area contributed by atoms with Crippen LogP contribution in [0.2, 0.25) is 0 Å². The van der Waals surface area contributed by atoms with E-state index in [1.165, 1.54) is 0 Å². The van der Waals surface area contributed by atoms with Crippen LogP contribution in [-0.2, 0) is 10.2 Å². The van der Waals surface area contributed by atoms with Crippen LogP contribution in [0.15, 0.2) is 48.8 Å². The minimum absolute atomic E-state index is 0.0914. The van der Waals surface area contributed by atoms with Crippen LogP contribution in [0.3, 0.4) is 0 Å². The Bertz CT molecular complexity index is 1880. The van der Waals surface area contributed by atoms with E-state index in [-0.39, 0.29) is 23.9 Å². The highest BCUT2D eigenvalue weighted by atomic mass is 19.1. The topological polar surface area (TPSA) is 95.4 Å². The summed E-state index contributed by atoms with van der Waals surface area (Å²) < 4.78 is 16.2. The number of piperidine rings is 1. The zero-order valence-corrected chi connectivity index (χ0v) is 28.1. The fourth-order valence-electron chi connectivity index (χ4n) is 7.56. The van der Waals surface area contributed by atoms with E-state index in [1.807, 2.05) is 62.3 Å². The number of hydrogen-bond acceptors (Lipinski definition) is 6. The SMILES string of the molecule is CNC(=O)c1cc(Nc2nc(-c3ccc4c(c3)N([C@H]3C[C@@H](N5CCC[C@@H](F)C5)C3)C(=O)C4(C)C)cc3ncn(C(C)C)c23)ccc1C. The third kappa shape index (κ3) is 5.36. The zero-order valence-electron chi connectivity index (χ0n) is 28.1. The number of aryl methyl sites for hydroxylation is 1. The molecule has 2 aromatic carbocycles. The second-order valence-electron chi connectivity index (χ2n) is 14.2. The molecule has 2 fully saturated rings. The molecule has 1 atom stereocenters. The Balaban J connectivity index is 1.25. The highest BCUT2D eigenvalue weighted by molar-refractivity contribution is 6.09. The standard InChI is InChI=1S/C37H44FN7O2/c1-21(2)44-20-40-31-18-30(42-34(33(31)44)41-25-11-9-22(3)28(15-25)35(46)39-6)23-10-12-29-32(14-23)45(36(47)37(29,4)5)27-16-26(17-27)43-13-7-8-24(38)19-43/h9-12,14-15,18,20-21,24,26-27H,7-8,13,16-17,19H2,1-6H3,(H,39,46)(H,41,42)/t24-,26-,27+/m1/s1. The molecule has 47 heavy (non-hydrogen) atoms. The molecule has 9 nitrogen and oxygen atoms in total. The van der Waals surface area contributed by atoms with Gasteiger partial charge in [-0.1, -0.05) is 18.2 Å². The largest absolute Gasteiger partial charge is 0.355 e. The lowest BCUT2D eigenvalue weighted by Gasteiger charge is -2.48. The van der Waals surface area contributed by atoms with Gasteiger partial charge in [0.2, 0.25) is 5.91 Å². The van der Waals surface area contributed by atoms with E-state index in [0.717, 1.165) is 70.6 Å². The number of alkyl halides is 1. The van der Waals surface area contributed by atoms with E-state index in [2.05, 4.69) is 46.1 Å². The molecule has 1 saturated carbocycles. The molecular weight excluding hydrogens is 593 g/mol. The number of nitrogens with one attached hydrogen (secondary N) is 2. The van der Waals surface area contributed by atoms with Gasteiger partial charge in [0, 0.05) is 54.2 Å². The number of anilines is 3. The second kappa shape index (κ2) is 11.7. The highest BCUT2D eigenvalue weighted by Crippen LogP contribution is 2.48. The zero-order chi connectivity index (χ0) is 33.2. The summed E-state index contributed by atoms with van der Waals surface area (Å²) in [6, 6.07) is 14.5. The number of halogens is 1. The van der Waals surface area contributed by atoms with Gasteiger partial charge in [-0.05, 0) is 102 Å². The van der Waals surface area contributed by atoms with E-state index in [1.54, 1.807) is 7.05 Å². The van der Waals surface area contributed by atoms with Crippen LogP contribution in [0.5, 0.6) is 0 Å². The van der Waals surface area contributed by atoms with Crippen molar-refractivity contribution in [3.05, 3.63) is 65.5 Å². The molecule has 2 amide bonds. The first-order chi connectivity index (χ1) is 22.5. The molecular formula is C37H44FN7O2. The van der Waals surface area contributed by atoms with Crippen LogP contribution < -0.4 is 15.5 Å². The molecule has 3 aliphatic rings. The molecule has 0 spiro atoms. The van der Waals surface area contributed by atoms with E-state index < -0.39 is 11.6 Å². The predicted octanol–water partition coefficient (Wildman–Crippen LogP) is 6.68. The number of nitrogens with zero attached hydrogens (tertiary/aromatic N) is 5. The summed E-state index contributed by atoms with van der Waals surface area (Å²) in [6.45, 7) is 11.6. The van der Waals surface area contributed by atoms with Crippen LogP contribution in [0.1, 0.15) is 80.9 Å². The van der Waals surface area contributed by atoms with Gasteiger partial charge >= 0.3 is 0 Å². The van der Waals surface area contributed by atoms with Gasteiger partial charge < -0.3 is 20.1 Å². The Morgan fingerprint density at radius 3 is 2.60 bits per heavy atom. The van der Waals surface area contributed by atoms with Crippen LogP contribution in [0.4, 0.5) is 21.6 Å². The van der Waals surface area contributed by atoms with Crippen LogP contribution >= 0.6 is 0 Å². The van der Waals surface area contributed by atoms with Gasteiger partial charge in [0.25, 0.3) is 5.91 Å². The molecule has 2 aliphatic heterocycles. The van der Waals surface area contributed by atoms with E-state index in [9.17, 15) is 14.0 Å². The molecule has 1 aliphatic carbocycles. The van der Waals surface area contributed by atoms with Crippen molar-refractivity contribution in [2.45, 2.75) is 90.0 Å². The van der Waals surface area contributed by atoms with E-state index in [4.69, 9.17) is 9.97 Å². The molecule has 0 unspecified atom stereocenters. The molecule has 0 bridgehead atoms. The summed E-state index contributed by atoms with van der Waals surface area (Å²) in [5.74, 6) is 0.604. The van der Waals surface area contributed by atoms with Gasteiger partial charge in [-0.15, -0.1) is 0 Å². The Morgan fingerprint density at radius 2 is 1.87 bits per heavy atom. The molecule has 10 heteroatoms.